The lowest BCUT2D eigenvalue weighted by Gasteiger charge is -2.19. The Morgan fingerprint density at radius 2 is 2.12 bits per heavy atom. The number of methoxy groups -OCH3 is 1. The highest BCUT2D eigenvalue weighted by Crippen LogP contribution is 2.37. The number of nitrogens with one attached hydrogen (secondary N) is 3. The van der Waals surface area contributed by atoms with Gasteiger partial charge in [0.05, 0.1) is 18.7 Å². The first-order valence-corrected chi connectivity index (χ1v) is 11.0. The molecule has 4 rings (SSSR count). The molecule has 3 unspecified atom stereocenters. The fourth-order valence-corrected chi connectivity index (χ4v) is 4.25. The molecule has 1 saturated carbocycles. The number of ether oxygens (including phenoxy) is 1. The maximum Gasteiger partial charge on any atom is 0.224 e. The molecule has 2 heterocycles. The number of aromatic amines is 1. The van der Waals surface area contributed by atoms with E-state index in [4.69, 9.17) is 4.74 Å². The van der Waals surface area contributed by atoms with Crippen molar-refractivity contribution in [1.29, 1.82) is 5.26 Å². The molecule has 0 radical (unpaired) electrons. The van der Waals surface area contributed by atoms with Crippen LogP contribution in [0.5, 0.6) is 5.75 Å². The predicted molar refractivity (Wildman–Crippen MR) is 116 cm³/mol. The molecule has 2 fully saturated rings. The summed E-state index contributed by atoms with van der Waals surface area (Å²) in [6.07, 6.45) is 3.64. The maximum absolute atomic E-state index is 13.0. The van der Waals surface area contributed by atoms with E-state index >= 15 is 0 Å². The lowest BCUT2D eigenvalue weighted by atomic mass is 9.93. The minimum absolute atomic E-state index is 0.00648. The largest absolute Gasteiger partial charge is 0.494 e. The molecule has 1 aromatic heterocycles. The molecule has 168 valence electrons. The summed E-state index contributed by atoms with van der Waals surface area (Å²) in [4.78, 5) is 45.2. The van der Waals surface area contributed by atoms with Crippen molar-refractivity contribution in [3.63, 3.8) is 0 Å². The zero-order valence-electron chi connectivity index (χ0n) is 18.0. The average molecular weight is 438 g/mol. The summed E-state index contributed by atoms with van der Waals surface area (Å²) in [5, 5.41) is 15.0. The van der Waals surface area contributed by atoms with Gasteiger partial charge in [-0.1, -0.05) is 18.9 Å². The van der Waals surface area contributed by atoms with E-state index in [0.29, 0.717) is 42.1 Å². The Morgan fingerprint density at radius 3 is 2.78 bits per heavy atom. The van der Waals surface area contributed by atoms with Crippen molar-refractivity contribution in [3.05, 3.63) is 24.0 Å². The van der Waals surface area contributed by atoms with E-state index in [0.717, 1.165) is 12.8 Å². The number of rotatable bonds is 10. The van der Waals surface area contributed by atoms with Crippen LogP contribution in [0.25, 0.3) is 11.0 Å². The molecule has 9 heteroatoms. The van der Waals surface area contributed by atoms with Gasteiger partial charge < -0.3 is 20.4 Å². The van der Waals surface area contributed by atoms with E-state index in [2.05, 4.69) is 26.7 Å². The third-order valence-electron chi connectivity index (χ3n) is 6.23. The van der Waals surface area contributed by atoms with Crippen LogP contribution in [0, 0.1) is 29.1 Å². The monoisotopic (exact) mass is 437 g/mol. The van der Waals surface area contributed by atoms with Crippen LogP contribution in [0.3, 0.4) is 0 Å². The lowest BCUT2D eigenvalue weighted by molar-refractivity contribution is -0.127. The van der Waals surface area contributed by atoms with Crippen molar-refractivity contribution < 1.29 is 19.1 Å². The smallest absolute Gasteiger partial charge is 0.224 e. The maximum atomic E-state index is 13.0. The fourth-order valence-electron chi connectivity index (χ4n) is 4.25. The van der Waals surface area contributed by atoms with Gasteiger partial charge in [-0.2, -0.15) is 5.26 Å². The number of nitriles is 1. The van der Waals surface area contributed by atoms with Crippen LogP contribution in [0.15, 0.2) is 18.2 Å². The Bertz CT molecular complexity index is 1070. The molecule has 0 bridgehead atoms. The first kappa shape index (κ1) is 21.8. The zero-order chi connectivity index (χ0) is 22.7. The van der Waals surface area contributed by atoms with Crippen LogP contribution in [-0.2, 0) is 9.59 Å². The number of amides is 2. The minimum atomic E-state index is -0.761. The van der Waals surface area contributed by atoms with E-state index in [-0.39, 0.29) is 42.2 Å². The average Bonchev–Trinajstić information content (AvgIpc) is 3.35. The van der Waals surface area contributed by atoms with E-state index in [1.54, 1.807) is 13.2 Å². The van der Waals surface area contributed by atoms with Gasteiger partial charge in [0.25, 0.3) is 0 Å². The molecule has 0 spiro atoms. The number of imidazole rings is 1. The van der Waals surface area contributed by atoms with Crippen molar-refractivity contribution in [2.45, 2.75) is 44.6 Å². The van der Waals surface area contributed by atoms with Gasteiger partial charge in [-0.3, -0.25) is 14.4 Å². The Morgan fingerprint density at radius 1 is 1.31 bits per heavy atom. The number of ketones is 1. The summed E-state index contributed by atoms with van der Waals surface area (Å²) in [5.41, 5.74) is 1.26. The normalized spacial score (nSPS) is 19.8. The summed E-state index contributed by atoms with van der Waals surface area (Å²) in [5.74, 6) is -0.278. The highest BCUT2D eigenvalue weighted by molar-refractivity contribution is 5.99. The molecule has 1 aromatic carbocycles. The second kappa shape index (κ2) is 9.39. The van der Waals surface area contributed by atoms with Crippen molar-refractivity contribution >= 4 is 28.6 Å². The molecule has 1 saturated heterocycles. The van der Waals surface area contributed by atoms with Gasteiger partial charge in [-0.15, -0.1) is 0 Å². The molecule has 1 aliphatic heterocycles. The third kappa shape index (κ3) is 4.90. The Labute approximate surface area is 185 Å². The number of H-pyrrole nitrogens is 1. The van der Waals surface area contributed by atoms with Crippen LogP contribution < -0.4 is 15.4 Å². The van der Waals surface area contributed by atoms with Crippen molar-refractivity contribution in [3.8, 4) is 11.8 Å². The lowest BCUT2D eigenvalue weighted by Crippen LogP contribution is -2.40. The molecule has 2 amide bonds. The van der Waals surface area contributed by atoms with E-state index in [1.165, 1.54) is 0 Å². The highest BCUT2D eigenvalue weighted by Gasteiger charge is 2.34. The van der Waals surface area contributed by atoms with Crippen LogP contribution in [0.2, 0.25) is 0 Å². The highest BCUT2D eigenvalue weighted by atomic mass is 16.5. The molecule has 3 atom stereocenters. The van der Waals surface area contributed by atoms with Gasteiger partial charge in [0, 0.05) is 24.8 Å². The number of aromatic nitrogens is 2. The number of nitrogens with zero attached hydrogens (tertiary/aromatic N) is 2. The van der Waals surface area contributed by atoms with E-state index in [1.807, 2.05) is 12.1 Å². The van der Waals surface area contributed by atoms with Crippen molar-refractivity contribution in [2.75, 3.05) is 13.7 Å². The molecule has 2 aromatic rings. The minimum Gasteiger partial charge on any atom is -0.494 e. The standard InChI is InChI=1S/C23H27N5O4/c1-32-19-4-2-3-17-20(19)28-21(27-17)18(29)11-15(9-13-5-6-13)23(31)26-16(12-24)10-14-7-8-25-22(14)30/h2-4,13-16H,5-11H2,1H3,(H,25,30)(H,26,31)(H,27,28). The summed E-state index contributed by atoms with van der Waals surface area (Å²) in [7, 11) is 1.54. The number of hydrogen-bond donors (Lipinski definition) is 3. The Kier molecular flexibility index (Phi) is 6.40. The summed E-state index contributed by atoms with van der Waals surface area (Å²) < 4.78 is 5.30. The molecule has 3 N–H and O–H groups in total. The zero-order valence-corrected chi connectivity index (χ0v) is 18.0. The van der Waals surface area contributed by atoms with Crippen LogP contribution >= 0.6 is 0 Å². The molecule has 9 nitrogen and oxygen atoms in total. The molecular weight excluding hydrogens is 410 g/mol. The van der Waals surface area contributed by atoms with Gasteiger partial charge in [0.2, 0.25) is 11.8 Å². The van der Waals surface area contributed by atoms with Crippen LogP contribution in [0.4, 0.5) is 0 Å². The number of carbonyl (C=O) groups is 3. The fraction of sp³-hybridized carbons (Fsp3) is 0.522. The summed E-state index contributed by atoms with van der Waals surface area (Å²) >= 11 is 0. The van der Waals surface area contributed by atoms with E-state index in [9.17, 15) is 19.6 Å². The number of fused-ring (bicyclic) bond motifs is 1. The topological polar surface area (TPSA) is 137 Å². The van der Waals surface area contributed by atoms with Crippen molar-refractivity contribution in [1.82, 2.24) is 20.6 Å². The quantitative estimate of drug-likeness (QED) is 0.487. The van der Waals surface area contributed by atoms with Crippen LogP contribution in [0.1, 0.15) is 49.1 Å². The van der Waals surface area contributed by atoms with Gasteiger partial charge in [-0.05, 0) is 37.3 Å². The van der Waals surface area contributed by atoms with Gasteiger partial charge in [-0.25, -0.2) is 4.98 Å². The predicted octanol–water partition coefficient (Wildman–Crippen LogP) is 2.10. The number of para-hydroxylation sites is 1. The second-order valence-corrected chi connectivity index (χ2v) is 8.65. The number of benzene rings is 1. The summed E-state index contributed by atoms with van der Waals surface area (Å²) in [6.45, 7) is 0.594. The molecule has 2 aliphatic rings. The third-order valence-corrected chi connectivity index (χ3v) is 6.23. The first-order chi connectivity index (χ1) is 15.5. The number of hydrogen-bond acceptors (Lipinski definition) is 6. The molecular formula is C23H27N5O4. The van der Waals surface area contributed by atoms with Gasteiger partial charge in [0.15, 0.2) is 11.6 Å². The van der Waals surface area contributed by atoms with Crippen LogP contribution in [-0.4, -0.2) is 47.3 Å². The second-order valence-electron chi connectivity index (χ2n) is 8.65. The number of carbonyl (C=O) groups excluding carboxylic acids is 3. The van der Waals surface area contributed by atoms with Crippen molar-refractivity contribution in [2.24, 2.45) is 17.8 Å². The van der Waals surface area contributed by atoms with E-state index < -0.39 is 12.0 Å². The van der Waals surface area contributed by atoms with Gasteiger partial charge in [0.1, 0.15) is 17.3 Å². The Balaban J connectivity index is 1.44. The number of Topliss-reactive ketones (excluding diaryl/α,β-unsaturated/α-hetero) is 1. The molecule has 1 aliphatic carbocycles. The Hall–Kier alpha value is -3.41. The van der Waals surface area contributed by atoms with Gasteiger partial charge >= 0.3 is 0 Å². The first-order valence-electron chi connectivity index (χ1n) is 11.0. The SMILES string of the molecule is COc1cccc2[nH]c(C(=O)CC(CC3CC3)C(=O)NC(C#N)CC3CCNC3=O)nc12. The molecule has 32 heavy (non-hydrogen) atoms. The summed E-state index contributed by atoms with van der Waals surface area (Å²) in [6, 6.07) is 6.72.